The van der Waals surface area contributed by atoms with Gasteiger partial charge in [-0.05, 0) is 48.3 Å². The SMILES string of the molecule is CCNC(Cc1ccc(F)c(F)c1)c1ccoc1Cl. The van der Waals surface area contributed by atoms with Crippen LogP contribution in [-0.2, 0) is 6.42 Å². The lowest BCUT2D eigenvalue weighted by Crippen LogP contribution is -2.22. The van der Waals surface area contributed by atoms with Gasteiger partial charge >= 0.3 is 0 Å². The topological polar surface area (TPSA) is 25.2 Å². The molecular weight excluding hydrogens is 272 g/mol. The second-order valence-corrected chi connectivity index (χ2v) is 4.56. The second-order valence-electron chi connectivity index (χ2n) is 4.21. The minimum absolute atomic E-state index is 0.0962. The van der Waals surface area contributed by atoms with Crippen LogP contribution < -0.4 is 5.32 Å². The molecule has 2 rings (SSSR count). The Labute approximate surface area is 115 Å². The average molecular weight is 286 g/mol. The first-order valence-electron chi connectivity index (χ1n) is 6.02. The molecule has 0 radical (unpaired) electrons. The van der Waals surface area contributed by atoms with Gasteiger partial charge in [-0.25, -0.2) is 8.78 Å². The highest BCUT2D eigenvalue weighted by Crippen LogP contribution is 2.27. The van der Waals surface area contributed by atoms with Gasteiger partial charge in [0.2, 0.25) is 0 Å². The second kappa shape index (κ2) is 6.17. The largest absolute Gasteiger partial charge is 0.453 e. The summed E-state index contributed by atoms with van der Waals surface area (Å²) in [6.07, 6.45) is 2.01. The van der Waals surface area contributed by atoms with E-state index in [2.05, 4.69) is 5.32 Å². The van der Waals surface area contributed by atoms with E-state index in [1.165, 1.54) is 12.3 Å². The highest BCUT2D eigenvalue weighted by atomic mass is 35.5. The molecule has 5 heteroatoms. The van der Waals surface area contributed by atoms with Crippen LogP contribution in [-0.4, -0.2) is 6.54 Å². The van der Waals surface area contributed by atoms with Crippen molar-refractivity contribution in [2.24, 2.45) is 0 Å². The zero-order valence-corrected chi connectivity index (χ0v) is 11.2. The summed E-state index contributed by atoms with van der Waals surface area (Å²) in [5, 5.41) is 3.56. The van der Waals surface area contributed by atoms with Gasteiger partial charge in [0.25, 0.3) is 0 Å². The molecule has 102 valence electrons. The third-order valence-electron chi connectivity index (χ3n) is 2.90. The van der Waals surface area contributed by atoms with Gasteiger partial charge in [-0.1, -0.05) is 13.0 Å². The smallest absolute Gasteiger partial charge is 0.197 e. The molecule has 0 saturated carbocycles. The van der Waals surface area contributed by atoms with Gasteiger partial charge in [0.1, 0.15) is 0 Å². The van der Waals surface area contributed by atoms with E-state index in [0.717, 1.165) is 18.2 Å². The summed E-state index contributed by atoms with van der Waals surface area (Å²) in [7, 11) is 0. The van der Waals surface area contributed by atoms with Crippen LogP contribution in [0.5, 0.6) is 0 Å². The van der Waals surface area contributed by atoms with Gasteiger partial charge in [-0.15, -0.1) is 0 Å². The summed E-state index contributed by atoms with van der Waals surface area (Å²) in [5.74, 6) is -1.68. The van der Waals surface area contributed by atoms with Gasteiger partial charge in [0.15, 0.2) is 16.9 Å². The van der Waals surface area contributed by atoms with Crippen LogP contribution in [0.1, 0.15) is 24.1 Å². The monoisotopic (exact) mass is 285 g/mol. The van der Waals surface area contributed by atoms with E-state index in [9.17, 15) is 8.78 Å². The Bertz CT molecular complexity index is 556. The summed E-state index contributed by atoms with van der Waals surface area (Å²) < 4.78 is 31.2. The third kappa shape index (κ3) is 3.33. The Kier molecular flexibility index (Phi) is 4.56. The minimum atomic E-state index is -0.843. The predicted octanol–water partition coefficient (Wildman–Crippen LogP) is 4.10. The van der Waals surface area contributed by atoms with Crippen molar-refractivity contribution in [1.82, 2.24) is 5.32 Å². The summed E-state index contributed by atoms with van der Waals surface area (Å²) in [6, 6.07) is 5.58. The van der Waals surface area contributed by atoms with E-state index < -0.39 is 11.6 Å². The van der Waals surface area contributed by atoms with Gasteiger partial charge < -0.3 is 9.73 Å². The van der Waals surface area contributed by atoms with E-state index in [1.54, 1.807) is 12.1 Å². The molecular formula is C14H14ClF2NO. The number of benzene rings is 1. The summed E-state index contributed by atoms with van der Waals surface area (Å²) in [5.41, 5.74) is 1.51. The molecule has 2 aromatic rings. The lowest BCUT2D eigenvalue weighted by molar-refractivity contribution is 0.500. The number of rotatable bonds is 5. The molecule has 0 aliphatic rings. The number of hydrogen-bond acceptors (Lipinski definition) is 2. The maximum absolute atomic E-state index is 13.2. The van der Waals surface area contributed by atoms with Crippen LogP contribution >= 0.6 is 11.6 Å². The fourth-order valence-corrected chi connectivity index (χ4v) is 2.24. The van der Waals surface area contributed by atoms with Crippen LogP contribution in [0.25, 0.3) is 0 Å². The molecule has 0 aliphatic heterocycles. The fraction of sp³-hybridized carbons (Fsp3) is 0.286. The first-order chi connectivity index (χ1) is 9.11. The molecule has 1 unspecified atom stereocenters. The fourth-order valence-electron chi connectivity index (χ4n) is 1.99. The third-order valence-corrected chi connectivity index (χ3v) is 3.20. The van der Waals surface area contributed by atoms with Crippen molar-refractivity contribution in [1.29, 1.82) is 0 Å². The number of likely N-dealkylation sites (N-methyl/N-ethyl adjacent to an activating group) is 1. The van der Waals surface area contributed by atoms with Crippen molar-refractivity contribution >= 4 is 11.6 Å². The van der Waals surface area contributed by atoms with E-state index in [0.29, 0.717) is 17.2 Å². The Balaban J connectivity index is 2.21. The zero-order valence-electron chi connectivity index (χ0n) is 10.4. The van der Waals surface area contributed by atoms with Gasteiger partial charge in [0, 0.05) is 11.6 Å². The van der Waals surface area contributed by atoms with Crippen LogP contribution in [0.4, 0.5) is 8.78 Å². The van der Waals surface area contributed by atoms with Crippen LogP contribution in [0.3, 0.4) is 0 Å². The highest BCUT2D eigenvalue weighted by molar-refractivity contribution is 6.29. The number of nitrogens with one attached hydrogen (secondary N) is 1. The molecule has 19 heavy (non-hydrogen) atoms. The Morgan fingerprint density at radius 3 is 2.63 bits per heavy atom. The molecule has 0 bridgehead atoms. The molecule has 0 spiro atoms. The Morgan fingerprint density at radius 2 is 2.05 bits per heavy atom. The predicted molar refractivity (Wildman–Crippen MR) is 70.2 cm³/mol. The molecule has 2 nitrogen and oxygen atoms in total. The van der Waals surface area contributed by atoms with Crippen LogP contribution in [0.2, 0.25) is 5.22 Å². The lowest BCUT2D eigenvalue weighted by Gasteiger charge is -2.17. The van der Waals surface area contributed by atoms with Crippen LogP contribution in [0, 0.1) is 11.6 Å². The molecule has 1 atom stereocenters. The average Bonchev–Trinajstić information content (AvgIpc) is 2.79. The van der Waals surface area contributed by atoms with E-state index >= 15 is 0 Å². The van der Waals surface area contributed by atoms with E-state index in [4.69, 9.17) is 16.0 Å². The maximum atomic E-state index is 13.2. The quantitative estimate of drug-likeness (QED) is 0.894. The highest BCUT2D eigenvalue weighted by Gasteiger charge is 2.17. The van der Waals surface area contributed by atoms with Crippen molar-refractivity contribution in [2.75, 3.05) is 6.54 Å². The molecule has 1 aromatic carbocycles. The molecule has 0 amide bonds. The molecule has 0 saturated heterocycles. The Morgan fingerprint density at radius 1 is 1.26 bits per heavy atom. The first kappa shape index (κ1) is 14.0. The van der Waals surface area contributed by atoms with E-state index in [-0.39, 0.29) is 6.04 Å². The van der Waals surface area contributed by atoms with Crippen molar-refractivity contribution in [2.45, 2.75) is 19.4 Å². The lowest BCUT2D eigenvalue weighted by atomic mass is 10.0. The maximum Gasteiger partial charge on any atom is 0.197 e. The number of hydrogen-bond donors (Lipinski definition) is 1. The summed E-state index contributed by atoms with van der Waals surface area (Å²) in [4.78, 5) is 0. The van der Waals surface area contributed by atoms with Gasteiger partial charge in [-0.3, -0.25) is 0 Å². The minimum Gasteiger partial charge on any atom is -0.453 e. The standard InChI is InChI=1S/C14H14ClF2NO/c1-2-18-13(10-5-6-19-14(10)15)8-9-3-4-11(16)12(17)7-9/h3-7,13,18H,2,8H2,1H3. The van der Waals surface area contributed by atoms with Crippen molar-refractivity contribution in [3.8, 4) is 0 Å². The first-order valence-corrected chi connectivity index (χ1v) is 6.39. The van der Waals surface area contributed by atoms with Crippen molar-refractivity contribution in [3.63, 3.8) is 0 Å². The van der Waals surface area contributed by atoms with Crippen LogP contribution in [0.15, 0.2) is 34.9 Å². The summed E-state index contributed by atoms with van der Waals surface area (Å²) >= 11 is 5.95. The molecule has 1 heterocycles. The molecule has 0 aliphatic carbocycles. The van der Waals surface area contributed by atoms with Crippen molar-refractivity contribution < 1.29 is 13.2 Å². The van der Waals surface area contributed by atoms with Crippen molar-refractivity contribution in [3.05, 3.63) is 58.5 Å². The number of furan rings is 1. The van der Waals surface area contributed by atoms with Gasteiger partial charge in [0.05, 0.1) is 6.26 Å². The zero-order chi connectivity index (χ0) is 13.8. The van der Waals surface area contributed by atoms with Gasteiger partial charge in [-0.2, -0.15) is 0 Å². The normalized spacial score (nSPS) is 12.6. The van der Waals surface area contributed by atoms with E-state index in [1.807, 2.05) is 6.92 Å². The Hall–Kier alpha value is -1.39. The molecule has 1 aromatic heterocycles. The molecule has 1 N–H and O–H groups in total. The number of halogens is 3. The molecule has 0 fully saturated rings. The summed E-state index contributed by atoms with van der Waals surface area (Å²) in [6.45, 7) is 2.70.